The molecule has 0 bridgehead atoms. The third kappa shape index (κ3) is 4.91. The van der Waals surface area contributed by atoms with E-state index in [4.69, 9.17) is 4.74 Å². The number of nitrogens with one attached hydrogen (secondary N) is 1. The van der Waals surface area contributed by atoms with E-state index in [9.17, 15) is 9.59 Å². The molecule has 22 heavy (non-hydrogen) atoms. The number of hydrogen-bond acceptors (Lipinski definition) is 3. The van der Waals surface area contributed by atoms with Crippen LogP contribution in [-0.4, -0.2) is 43.6 Å². The minimum Gasteiger partial charge on any atom is -0.453 e. The molecule has 0 atom stereocenters. The standard InChI is InChI=1S/C17H22N2O3/c1-22-17(21)19-11-9-15(10-12-19)13-18-16(20)8-7-14-5-3-2-4-6-14/h2-8,15H,9-13H2,1H3,(H,18,20). The van der Waals surface area contributed by atoms with Gasteiger partial charge < -0.3 is 15.0 Å². The van der Waals surface area contributed by atoms with Crippen LogP contribution in [0.15, 0.2) is 36.4 Å². The van der Waals surface area contributed by atoms with Crippen molar-refractivity contribution >= 4 is 18.1 Å². The molecule has 1 N–H and O–H groups in total. The number of hydrogen-bond donors (Lipinski definition) is 1. The van der Waals surface area contributed by atoms with Crippen LogP contribution in [0.1, 0.15) is 18.4 Å². The Hall–Kier alpha value is -2.30. The Morgan fingerprint density at radius 3 is 2.59 bits per heavy atom. The van der Waals surface area contributed by atoms with Gasteiger partial charge in [-0.1, -0.05) is 30.3 Å². The van der Waals surface area contributed by atoms with Gasteiger partial charge in [0.2, 0.25) is 5.91 Å². The second-order valence-electron chi connectivity index (χ2n) is 5.39. The second kappa shape index (κ2) is 8.22. The fraction of sp³-hybridized carbons (Fsp3) is 0.412. The molecule has 0 aliphatic carbocycles. The lowest BCUT2D eigenvalue weighted by atomic mass is 9.97. The summed E-state index contributed by atoms with van der Waals surface area (Å²) in [7, 11) is 1.40. The molecule has 2 amide bonds. The SMILES string of the molecule is COC(=O)N1CCC(CNC(=O)C=Cc2ccccc2)CC1. The first-order chi connectivity index (χ1) is 10.7. The van der Waals surface area contributed by atoms with Gasteiger partial charge in [0.25, 0.3) is 0 Å². The van der Waals surface area contributed by atoms with Gasteiger partial charge in [0, 0.05) is 25.7 Å². The lowest BCUT2D eigenvalue weighted by molar-refractivity contribution is -0.116. The first kappa shape index (κ1) is 16.1. The van der Waals surface area contributed by atoms with Crippen molar-refractivity contribution in [3.05, 3.63) is 42.0 Å². The molecule has 1 aliphatic rings. The van der Waals surface area contributed by atoms with Crippen LogP contribution in [0.2, 0.25) is 0 Å². The summed E-state index contributed by atoms with van der Waals surface area (Å²) in [6, 6.07) is 9.72. The summed E-state index contributed by atoms with van der Waals surface area (Å²) < 4.78 is 4.71. The second-order valence-corrected chi connectivity index (χ2v) is 5.39. The molecule has 0 saturated carbocycles. The van der Waals surface area contributed by atoms with E-state index in [2.05, 4.69) is 5.32 Å². The van der Waals surface area contributed by atoms with Crippen molar-refractivity contribution in [2.24, 2.45) is 5.92 Å². The average Bonchev–Trinajstić information content (AvgIpc) is 2.58. The number of amides is 2. The third-order valence-electron chi connectivity index (χ3n) is 3.84. The van der Waals surface area contributed by atoms with Crippen LogP contribution in [0, 0.1) is 5.92 Å². The van der Waals surface area contributed by atoms with E-state index in [0.29, 0.717) is 25.6 Å². The van der Waals surface area contributed by atoms with Crippen molar-refractivity contribution in [1.29, 1.82) is 0 Å². The number of methoxy groups -OCH3 is 1. The first-order valence-electron chi connectivity index (χ1n) is 7.53. The molecule has 1 heterocycles. The summed E-state index contributed by atoms with van der Waals surface area (Å²) in [5, 5.41) is 2.92. The predicted octanol–water partition coefficient (Wildman–Crippen LogP) is 2.29. The number of benzene rings is 1. The molecule has 1 aromatic rings. The van der Waals surface area contributed by atoms with Gasteiger partial charge in [0.05, 0.1) is 7.11 Å². The monoisotopic (exact) mass is 302 g/mol. The maximum atomic E-state index is 11.8. The van der Waals surface area contributed by atoms with Crippen LogP contribution in [0.4, 0.5) is 4.79 Å². The van der Waals surface area contributed by atoms with Crippen LogP contribution in [0.5, 0.6) is 0 Å². The van der Waals surface area contributed by atoms with Gasteiger partial charge in [-0.2, -0.15) is 0 Å². The van der Waals surface area contributed by atoms with E-state index >= 15 is 0 Å². The van der Waals surface area contributed by atoms with Crippen LogP contribution in [-0.2, 0) is 9.53 Å². The summed E-state index contributed by atoms with van der Waals surface area (Å²) in [6.45, 7) is 2.02. The van der Waals surface area contributed by atoms with Gasteiger partial charge in [0.1, 0.15) is 0 Å². The zero-order valence-electron chi connectivity index (χ0n) is 12.8. The van der Waals surface area contributed by atoms with Gasteiger partial charge in [-0.3, -0.25) is 4.79 Å². The fourth-order valence-electron chi connectivity index (χ4n) is 2.49. The molecule has 0 spiro atoms. The van der Waals surface area contributed by atoms with E-state index in [1.807, 2.05) is 30.3 Å². The van der Waals surface area contributed by atoms with Crippen molar-refractivity contribution in [3.8, 4) is 0 Å². The van der Waals surface area contributed by atoms with Crippen molar-refractivity contribution in [2.75, 3.05) is 26.7 Å². The number of rotatable bonds is 4. The van der Waals surface area contributed by atoms with Gasteiger partial charge in [-0.15, -0.1) is 0 Å². The van der Waals surface area contributed by atoms with Gasteiger partial charge in [-0.25, -0.2) is 4.79 Å². The lowest BCUT2D eigenvalue weighted by Crippen LogP contribution is -2.41. The number of piperidine rings is 1. The topological polar surface area (TPSA) is 58.6 Å². The smallest absolute Gasteiger partial charge is 0.409 e. The number of carbonyl (C=O) groups is 2. The van der Waals surface area contributed by atoms with Crippen molar-refractivity contribution in [3.63, 3.8) is 0 Å². The van der Waals surface area contributed by atoms with E-state index in [0.717, 1.165) is 18.4 Å². The Morgan fingerprint density at radius 2 is 1.95 bits per heavy atom. The molecule has 1 aromatic carbocycles. The summed E-state index contributed by atoms with van der Waals surface area (Å²) in [6.07, 6.45) is 4.86. The van der Waals surface area contributed by atoms with Crippen molar-refractivity contribution in [1.82, 2.24) is 10.2 Å². The molecular formula is C17H22N2O3. The third-order valence-corrected chi connectivity index (χ3v) is 3.84. The summed E-state index contributed by atoms with van der Waals surface area (Å²) >= 11 is 0. The summed E-state index contributed by atoms with van der Waals surface area (Å²) in [5.41, 5.74) is 1.00. The Labute approximate surface area is 130 Å². The van der Waals surface area contributed by atoms with Crippen molar-refractivity contribution in [2.45, 2.75) is 12.8 Å². The highest BCUT2D eigenvalue weighted by molar-refractivity contribution is 5.91. The zero-order chi connectivity index (χ0) is 15.8. The molecular weight excluding hydrogens is 280 g/mol. The molecule has 1 aliphatic heterocycles. The summed E-state index contributed by atoms with van der Waals surface area (Å²) in [5.74, 6) is 0.328. The Balaban J connectivity index is 1.69. The molecule has 2 rings (SSSR count). The number of ether oxygens (including phenoxy) is 1. The highest BCUT2D eigenvalue weighted by Crippen LogP contribution is 2.16. The highest BCUT2D eigenvalue weighted by atomic mass is 16.5. The lowest BCUT2D eigenvalue weighted by Gasteiger charge is -2.30. The molecule has 0 aromatic heterocycles. The van der Waals surface area contributed by atoms with Gasteiger partial charge in [-0.05, 0) is 30.4 Å². The highest BCUT2D eigenvalue weighted by Gasteiger charge is 2.23. The molecule has 5 nitrogen and oxygen atoms in total. The normalized spacial score (nSPS) is 15.8. The fourth-order valence-corrected chi connectivity index (χ4v) is 2.49. The summed E-state index contributed by atoms with van der Waals surface area (Å²) in [4.78, 5) is 24.9. The Bertz CT molecular complexity index is 520. The Kier molecular flexibility index (Phi) is 6.01. The van der Waals surface area contributed by atoms with E-state index in [1.165, 1.54) is 7.11 Å². The molecule has 1 saturated heterocycles. The van der Waals surface area contributed by atoms with E-state index in [1.54, 1.807) is 17.1 Å². The minimum absolute atomic E-state index is 0.0840. The molecule has 5 heteroatoms. The molecule has 0 radical (unpaired) electrons. The number of carbonyl (C=O) groups excluding carboxylic acids is 2. The van der Waals surface area contributed by atoms with Crippen LogP contribution >= 0.6 is 0 Å². The van der Waals surface area contributed by atoms with Crippen LogP contribution < -0.4 is 5.32 Å². The maximum Gasteiger partial charge on any atom is 0.409 e. The number of likely N-dealkylation sites (tertiary alicyclic amines) is 1. The van der Waals surface area contributed by atoms with E-state index in [-0.39, 0.29) is 12.0 Å². The first-order valence-corrected chi connectivity index (χ1v) is 7.53. The zero-order valence-corrected chi connectivity index (χ0v) is 12.8. The largest absolute Gasteiger partial charge is 0.453 e. The van der Waals surface area contributed by atoms with Crippen LogP contribution in [0.25, 0.3) is 6.08 Å². The minimum atomic E-state index is -0.270. The quantitative estimate of drug-likeness (QED) is 0.868. The molecule has 1 fully saturated rings. The van der Waals surface area contributed by atoms with E-state index < -0.39 is 0 Å². The molecule has 0 unspecified atom stereocenters. The van der Waals surface area contributed by atoms with Crippen LogP contribution in [0.3, 0.4) is 0 Å². The molecule has 118 valence electrons. The number of nitrogens with zero attached hydrogens (tertiary/aromatic N) is 1. The van der Waals surface area contributed by atoms with Gasteiger partial charge >= 0.3 is 6.09 Å². The Morgan fingerprint density at radius 1 is 1.27 bits per heavy atom. The predicted molar refractivity (Wildman–Crippen MR) is 85.2 cm³/mol. The van der Waals surface area contributed by atoms with Crippen molar-refractivity contribution < 1.29 is 14.3 Å². The van der Waals surface area contributed by atoms with Gasteiger partial charge in [0.15, 0.2) is 0 Å². The average molecular weight is 302 g/mol. The maximum absolute atomic E-state index is 11.8.